The van der Waals surface area contributed by atoms with Crippen molar-refractivity contribution in [2.75, 3.05) is 0 Å². The van der Waals surface area contributed by atoms with Crippen LogP contribution in [0.2, 0.25) is 0 Å². The molecule has 3 rings (SSSR count). The van der Waals surface area contributed by atoms with Crippen LogP contribution in [0.15, 0.2) is 11.6 Å². The number of rotatable bonds is 1. The van der Waals surface area contributed by atoms with E-state index in [4.69, 9.17) is 0 Å². The summed E-state index contributed by atoms with van der Waals surface area (Å²) in [4.78, 5) is 0. The first-order valence-corrected chi connectivity index (χ1v) is 6.94. The maximum absolute atomic E-state index is 3.26. The molecule has 3 aliphatic rings. The third kappa shape index (κ3) is 12.0. The third-order valence-electron chi connectivity index (χ3n) is 2.55. The van der Waals surface area contributed by atoms with E-state index in [1.807, 2.05) is 64.2 Å². The molecule has 0 aliphatic heterocycles. The van der Waals surface area contributed by atoms with Gasteiger partial charge in [0.25, 0.3) is 0 Å². The molecule has 0 spiro atoms. The zero-order valence-electron chi connectivity index (χ0n) is 12.2. The first kappa shape index (κ1) is 20.2. The van der Waals surface area contributed by atoms with E-state index in [0.717, 1.165) is 6.42 Å². The van der Waals surface area contributed by atoms with E-state index in [2.05, 4.69) is 25.2 Å². The minimum Gasteiger partial charge on any atom is -0.530 e. The van der Waals surface area contributed by atoms with E-state index < -0.39 is 0 Å². The van der Waals surface area contributed by atoms with Crippen LogP contribution in [0, 0.1) is 76.4 Å². The molecule has 102 valence electrons. The van der Waals surface area contributed by atoms with Gasteiger partial charge in [-0.05, 0) is 64.2 Å². The van der Waals surface area contributed by atoms with Gasteiger partial charge in [0, 0.05) is 0 Å². The standard InChI is InChI=1S/C9H12.2C5H5.Ti/c1-2-6-9-7-4-3-5-8-9;2*1-2-4-5-3-1;/h4H,2-3,5,8H2,1H3;2*1-5H;/q-2;;;+2. The summed E-state index contributed by atoms with van der Waals surface area (Å²) in [6.07, 6.45) is 33.3. The van der Waals surface area contributed by atoms with Crippen LogP contribution in [0.4, 0.5) is 0 Å². The van der Waals surface area contributed by atoms with Gasteiger partial charge in [-0.25, -0.2) is 0 Å². The Kier molecular flexibility index (Phi) is 15.7. The summed E-state index contributed by atoms with van der Waals surface area (Å²) in [7, 11) is 0. The zero-order chi connectivity index (χ0) is 13.6. The molecule has 0 N–H and O–H groups in total. The van der Waals surface area contributed by atoms with E-state index in [9.17, 15) is 0 Å². The van der Waals surface area contributed by atoms with Crippen LogP contribution < -0.4 is 0 Å². The second-order valence-electron chi connectivity index (χ2n) is 4.17. The fraction of sp³-hybridized carbons (Fsp3) is 0.263. The summed E-state index contributed by atoms with van der Waals surface area (Å²) in [5, 5.41) is 0. The Morgan fingerprint density at radius 2 is 1.35 bits per heavy atom. The van der Waals surface area contributed by atoms with Gasteiger partial charge in [-0.3, -0.25) is 6.08 Å². The maximum Gasteiger partial charge on any atom is 2.00 e. The quantitative estimate of drug-likeness (QED) is 0.486. The second-order valence-corrected chi connectivity index (χ2v) is 4.17. The van der Waals surface area contributed by atoms with Crippen molar-refractivity contribution >= 4 is 0 Å². The van der Waals surface area contributed by atoms with Gasteiger partial charge in [0.2, 0.25) is 0 Å². The van der Waals surface area contributed by atoms with E-state index in [0.29, 0.717) is 0 Å². The Hall–Kier alpha value is 0.194. The molecular formula is C19H22Ti. The first-order valence-electron chi connectivity index (χ1n) is 6.94. The van der Waals surface area contributed by atoms with Gasteiger partial charge in [0.05, 0.1) is 0 Å². The van der Waals surface area contributed by atoms with Crippen molar-refractivity contribution in [3.8, 4) is 0 Å². The molecule has 0 nitrogen and oxygen atoms in total. The third-order valence-corrected chi connectivity index (χ3v) is 2.55. The molecule has 0 saturated heterocycles. The number of hydrogen-bond acceptors (Lipinski definition) is 0. The summed E-state index contributed by atoms with van der Waals surface area (Å²) >= 11 is 0. The Morgan fingerprint density at radius 1 is 0.900 bits per heavy atom. The summed E-state index contributed by atoms with van der Waals surface area (Å²) in [6.45, 7) is 2.11. The molecule has 1 heteroatoms. The van der Waals surface area contributed by atoms with Gasteiger partial charge < -0.3 is 17.7 Å². The van der Waals surface area contributed by atoms with Crippen LogP contribution in [0.5, 0.6) is 0 Å². The summed E-state index contributed by atoms with van der Waals surface area (Å²) in [5.74, 6) is 0. The Labute approximate surface area is 142 Å². The average molecular weight is 298 g/mol. The molecule has 2 saturated carbocycles. The molecule has 0 heterocycles. The molecule has 0 bridgehead atoms. The monoisotopic (exact) mass is 298 g/mol. The molecule has 20 heavy (non-hydrogen) atoms. The minimum atomic E-state index is 0. The van der Waals surface area contributed by atoms with Crippen LogP contribution in [0.25, 0.3) is 0 Å². The van der Waals surface area contributed by atoms with E-state index >= 15 is 0 Å². The molecular weight excluding hydrogens is 276 g/mol. The topological polar surface area (TPSA) is 0 Å². The van der Waals surface area contributed by atoms with Crippen LogP contribution in [0.3, 0.4) is 0 Å². The van der Waals surface area contributed by atoms with Crippen molar-refractivity contribution in [1.29, 1.82) is 0 Å². The van der Waals surface area contributed by atoms with Crippen LogP contribution >= 0.6 is 0 Å². The van der Waals surface area contributed by atoms with Crippen molar-refractivity contribution in [2.24, 2.45) is 0 Å². The van der Waals surface area contributed by atoms with Crippen molar-refractivity contribution < 1.29 is 21.7 Å². The average Bonchev–Trinajstić information content (AvgIpc) is 3.19. The SMILES string of the molecule is CC[C-]=C1[C-]=CCCC1.[CH]1[CH][CH][CH][CH]1.[CH]1[CH][CH][CH][CH]1.[Ti+2]. The Morgan fingerprint density at radius 3 is 1.65 bits per heavy atom. The molecule has 0 aromatic heterocycles. The van der Waals surface area contributed by atoms with Gasteiger partial charge in [-0.2, -0.15) is 6.42 Å². The van der Waals surface area contributed by atoms with E-state index in [1.165, 1.54) is 24.8 Å². The Bertz CT molecular complexity index is 219. The second kappa shape index (κ2) is 15.6. The first-order chi connectivity index (χ1) is 9.43. The van der Waals surface area contributed by atoms with Crippen LogP contribution in [-0.4, -0.2) is 0 Å². The molecule has 2 fully saturated rings. The fourth-order valence-corrected chi connectivity index (χ4v) is 1.64. The van der Waals surface area contributed by atoms with Crippen molar-refractivity contribution in [3.63, 3.8) is 0 Å². The maximum atomic E-state index is 3.26. The van der Waals surface area contributed by atoms with Crippen LogP contribution in [-0.2, 0) is 21.7 Å². The Balaban J connectivity index is 0.000000282. The van der Waals surface area contributed by atoms with Crippen molar-refractivity contribution in [1.82, 2.24) is 0 Å². The molecule has 3 aliphatic carbocycles. The van der Waals surface area contributed by atoms with Gasteiger partial charge in [-0.1, -0.05) is 26.2 Å². The molecule has 0 aromatic rings. The predicted octanol–water partition coefficient (Wildman–Crippen LogP) is 4.71. The number of allylic oxidation sites excluding steroid dienone is 4. The van der Waals surface area contributed by atoms with Gasteiger partial charge >= 0.3 is 21.7 Å². The van der Waals surface area contributed by atoms with E-state index in [1.54, 1.807) is 0 Å². The fourth-order valence-electron chi connectivity index (χ4n) is 1.64. The summed E-state index contributed by atoms with van der Waals surface area (Å²) in [5.41, 5.74) is 1.28. The smallest absolute Gasteiger partial charge is 0.530 e. The molecule has 0 unspecified atom stereocenters. The van der Waals surface area contributed by atoms with Crippen molar-refractivity contribution in [3.05, 3.63) is 88.0 Å². The van der Waals surface area contributed by atoms with Gasteiger partial charge in [-0.15, -0.1) is 0 Å². The molecule has 0 aromatic carbocycles. The predicted molar refractivity (Wildman–Crippen MR) is 81.7 cm³/mol. The largest absolute Gasteiger partial charge is 2.00 e. The van der Waals surface area contributed by atoms with Gasteiger partial charge in [0.15, 0.2) is 0 Å². The summed E-state index contributed by atoms with van der Waals surface area (Å²) < 4.78 is 0. The molecule has 0 atom stereocenters. The molecule has 0 amide bonds. The van der Waals surface area contributed by atoms with E-state index in [-0.39, 0.29) is 21.7 Å². The van der Waals surface area contributed by atoms with Gasteiger partial charge in [0.1, 0.15) is 0 Å². The molecule has 10 radical (unpaired) electrons. The number of hydrogen-bond donors (Lipinski definition) is 0. The van der Waals surface area contributed by atoms with Crippen molar-refractivity contribution in [2.45, 2.75) is 32.6 Å². The minimum absolute atomic E-state index is 0. The van der Waals surface area contributed by atoms with Crippen LogP contribution in [0.1, 0.15) is 32.6 Å². The zero-order valence-corrected chi connectivity index (χ0v) is 13.7. The summed E-state index contributed by atoms with van der Waals surface area (Å²) in [6, 6.07) is 0. The normalized spacial score (nSPS) is 22.4.